The number of hydrogen-bond acceptors (Lipinski definition) is 6. The maximum Gasteiger partial charge on any atom is 0.338 e. The number of allylic oxidation sites excluding steroid dienone is 1. The minimum absolute atomic E-state index is 0.215. The largest absolute Gasteiger partial charge is 0.496 e. The standard InChI is InChI=1S/C30H28BrN3O4S/c1-6-38-29(36)26-18(3)32-30-34(27(26)23-9-7-8-10-24(23)37-5)28(35)25(39-30)16-20-15-17(2)33(19(20)4)22-13-11-21(31)12-14-22/h7-16,27H,6H2,1-5H3/b25-16+/t27-/m1/s1. The van der Waals surface area contributed by atoms with Gasteiger partial charge in [0.05, 0.1) is 29.5 Å². The molecule has 1 aliphatic heterocycles. The summed E-state index contributed by atoms with van der Waals surface area (Å²) in [6, 6.07) is 16.9. The minimum Gasteiger partial charge on any atom is -0.496 e. The van der Waals surface area contributed by atoms with Crippen molar-refractivity contribution in [1.82, 2.24) is 9.13 Å². The number of esters is 1. The lowest BCUT2D eigenvalue weighted by Gasteiger charge is -2.25. The molecule has 5 rings (SSSR count). The number of para-hydroxylation sites is 1. The molecule has 0 bridgehead atoms. The monoisotopic (exact) mass is 605 g/mol. The van der Waals surface area contributed by atoms with Crippen molar-refractivity contribution < 1.29 is 14.3 Å². The van der Waals surface area contributed by atoms with Gasteiger partial charge in [0.1, 0.15) is 11.8 Å². The SMILES string of the molecule is CCOC(=O)C1=C(C)N=c2s/c(=C/c3cc(C)n(-c4ccc(Br)cc4)c3C)c(=O)n2[C@@H]1c1ccccc1OC. The van der Waals surface area contributed by atoms with E-state index in [2.05, 4.69) is 43.7 Å². The Kier molecular flexibility index (Phi) is 7.46. The molecule has 0 N–H and O–H groups in total. The van der Waals surface area contributed by atoms with Crippen LogP contribution in [0, 0.1) is 13.8 Å². The summed E-state index contributed by atoms with van der Waals surface area (Å²) >= 11 is 4.80. The van der Waals surface area contributed by atoms with Crippen molar-refractivity contribution in [2.24, 2.45) is 4.99 Å². The van der Waals surface area contributed by atoms with Crippen LogP contribution < -0.4 is 19.6 Å². The lowest BCUT2D eigenvalue weighted by atomic mass is 9.95. The quantitative estimate of drug-likeness (QED) is 0.291. The molecule has 3 heterocycles. The van der Waals surface area contributed by atoms with E-state index in [4.69, 9.17) is 9.47 Å². The first-order chi connectivity index (χ1) is 18.7. The Labute approximate surface area is 238 Å². The molecule has 0 amide bonds. The number of thiazole rings is 1. The van der Waals surface area contributed by atoms with Crippen LogP contribution in [-0.4, -0.2) is 28.8 Å². The van der Waals surface area contributed by atoms with Crippen LogP contribution in [0.15, 0.2) is 80.1 Å². The number of fused-ring (bicyclic) bond motifs is 1. The third kappa shape index (κ3) is 4.81. The zero-order chi connectivity index (χ0) is 27.8. The summed E-state index contributed by atoms with van der Waals surface area (Å²) in [5, 5.41) is 0. The van der Waals surface area contributed by atoms with E-state index in [0.717, 1.165) is 27.1 Å². The number of aryl methyl sites for hydroxylation is 1. The number of halogens is 1. The highest BCUT2D eigenvalue weighted by molar-refractivity contribution is 9.10. The Morgan fingerprint density at radius 2 is 1.85 bits per heavy atom. The second kappa shape index (κ2) is 10.8. The van der Waals surface area contributed by atoms with E-state index in [0.29, 0.717) is 31.9 Å². The van der Waals surface area contributed by atoms with Gasteiger partial charge in [0.2, 0.25) is 0 Å². The number of ether oxygens (including phenoxy) is 2. The Balaban J connectivity index is 1.71. The van der Waals surface area contributed by atoms with Crippen LogP contribution >= 0.6 is 27.3 Å². The van der Waals surface area contributed by atoms with Crippen LogP contribution in [-0.2, 0) is 9.53 Å². The predicted molar refractivity (Wildman–Crippen MR) is 156 cm³/mol. The molecular formula is C30H28BrN3O4S. The molecule has 0 fully saturated rings. The van der Waals surface area contributed by atoms with Gasteiger partial charge in [-0.1, -0.05) is 45.5 Å². The van der Waals surface area contributed by atoms with Crippen molar-refractivity contribution in [3.8, 4) is 11.4 Å². The summed E-state index contributed by atoms with van der Waals surface area (Å²) in [4.78, 5) is 32.3. The van der Waals surface area contributed by atoms with Crippen LogP contribution in [0.3, 0.4) is 0 Å². The van der Waals surface area contributed by atoms with Gasteiger partial charge in [-0.05, 0) is 75.7 Å². The molecule has 0 spiro atoms. The molecule has 0 saturated carbocycles. The first-order valence-electron chi connectivity index (χ1n) is 12.5. The summed E-state index contributed by atoms with van der Waals surface area (Å²) in [6.45, 7) is 7.83. The number of rotatable bonds is 6. The molecule has 2 aromatic carbocycles. The summed E-state index contributed by atoms with van der Waals surface area (Å²) in [6.07, 6.45) is 1.91. The minimum atomic E-state index is -0.728. The second-order valence-corrected chi connectivity index (χ2v) is 11.1. The van der Waals surface area contributed by atoms with Crippen LogP contribution in [0.5, 0.6) is 5.75 Å². The summed E-state index contributed by atoms with van der Waals surface area (Å²) in [7, 11) is 1.57. The van der Waals surface area contributed by atoms with E-state index in [1.54, 1.807) is 25.5 Å². The normalized spacial score (nSPS) is 15.2. The highest BCUT2D eigenvalue weighted by Gasteiger charge is 2.35. The molecule has 1 atom stereocenters. The Hall–Kier alpha value is -3.69. The predicted octanol–water partition coefficient (Wildman–Crippen LogP) is 4.98. The van der Waals surface area contributed by atoms with Gasteiger partial charge in [-0.25, -0.2) is 9.79 Å². The van der Waals surface area contributed by atoms with Crippen molar-refractivity contribution >= 4 is 39.3 Å². The molecule has 1 aliphatic rings. The highest BCUT2D eigenvalue weighted by Crippen LogP contribution is 2.35. The van der Waals surface area contributed by atoms with Gasteiger partial charge in [0, 0.05) is 27.1 Å². The molecule has 39 heavy (non-hydrogen) atoms. The van der Waals surface area contributed by atoms with Crippen molar-refractivity contribution in [1.29, 1.82) is 0 Å². The van der Waals surface area contributed by atoms with E-state index in [1.165, 1.54) is 11.3 Å². The van der Waals surface area contributed by atoms with E-state index >= 15 is 0 Å². The molecule has 0 aliphatic carbocycles. The fourth-order valence-electron chi connectivity index (χ4n) is 5.04. The molecule has 2 aromatic heterocycles. The second-order valence-electron chi connectivity index (χ2n) is 9.18. The molecule has 200 valence electrons. The zero-order valence-electron chi connectivity index (χ0n) is 22.3. The Morgan fingerprint density at radius 1 is 1.13 bits per heavy atom. The van der Waals surface area contributed by atoms with Crippen molar-refractivity contribution in [3.05, 3.63) is 113 Å². The molecule has 7 nitrogen and oxygen atoms in total. The summed E-state index contributed by atoms with van der Waals surface area (Å²) in [5.41, 5.74) is 5.37. The van der Waals surface area contributed by atoms with Crippen molar-refractivity contribution in [2.45, 2.75) is 33.7 Å². The lowest BCUT2D eigenvalue weighted by molar-refractivity contribution is -0.139. The smallest absolute Gasteiger partial charge is 0.338 e. The number of benzene rings is 2. The van der Waals surface area contributed by atoms with Crippen LogP contribution in [0.2, 0.25) is 0 Å². The van der Waals surface area contributed by atoms with Gasteiger partial charge in [-0.3, -0.25) is 9.36 Å². The van der Waals surface area contributed by atoms with Gasteiger partial charge in [-0.15, -0.1) is 0 Å². The average Bonchev–Trinajstić information content (AvgIpc) is 3.37. The van der Waals surface area contributed by atoms with Crippen molar-refractivity contribution in [3.63, 3.8) is 0 Å². The first-order valence-corrected chi connectivity index (χ1v) is 14.1. The molecule has 9 heteroatoms. The Bertz CT molecular complexity index is 1790. The van der Waals surface area contributed by atoms with Crippen LogP contribution in [0.1, 0.15) is 42.4 Å². The fourth-order valence-corrected chi connectivity index (χ4v) is 6.34. The average molecular weight is 607 g/mol. The van der Waals surface area contributed by atoms with Gasteiger partial charge < -0.3 is 14.0 Å². The molecule has 0 saturated heterocycles. The number of carbonyl (C=O) groups is 1. The van der Waals surface area contributed by atoms with Gasteiger partial charge >= 0.3 is 5.97 Å². The van der Waals surface area contributed by atoms with E-state index in [-0.39, 0.29) is 12.2 Å². The third-order valence-electron chi connectivity index (χ3n) is 6.79. The number of nitrogens with zero attached hydrogens (tertiary/aromatic N) is 3. The summed E-state index contributed by atoms with van der Waals surface area (Å²) in [5.74, 6) is 0.0774. The zero-order valence-corrected chi connectivity index (χ0v) is 24.7. The fraction of sp³-hybridized carbons (Fsp3) is 0.233. The number of hydrogen-bond donors (Lipinski definition) is 0. The van der Waals surface area contributed by atoms with E-state index < -0.39 is 12.0 Å². The molecule has 0 unspecified atom stereocenters. The highest BCUT2D eigenvalue weighted by atomic mass is 79.9. The van der Waals surface area contributed by atoms with Crippen LogP contribution in [0.4, 0.5) is 0 Å². The molecule has 4 aromatic rings. The van der Waals surface area contributed by atoms with E-state index in [9.17, 15) is 9.59 Å². The van der Waals surface area contributed by atoms with Gasteiger partial charge in [0.15, 0.2) is 4.80 Å². The van der Waals surface area contributed by atoms with Crippen LogP contribution in [0.25, 0.3) is 11.8 Å². The van der Waals surface area contributed by atoms with Crippen molar-refractivity contribution in [2.75, 3.05) is 13.7 Å². The molecular weight excluding hydrogens is 578 g/mol. The topological polar surface area (TPSA) is 74.8 Å². The maximum atomic E-state index is 14.0. The Morgan fingerprint density at radius 3 is 2.54 bits per heavy atom. The van der Waals surface area contributed by atoms with Gasteiger partial charge in [-0.2, -0.15) is 0 Å². The molecule has 0 radical (unpaired) electrons. The number of aromatic nitrogens is 2. The first kappa shape index (κ1) is 26.9. The van der Waals surface area contributed by atoms with E-state index in [1.807, 2.05) is 56.3 Å². The number of carbonyl (C=O) groups excluding carboxylic acids is 1. The number of methoxy groups -OCH3 is 1. The summed E-state index contributed by atoms with van der Waals surface area (Å²) < 4.78 is 16.3. The lowest BCUT2D eigenvalue weighted by Crippen LogP contribution is -2.40. The van der Waals surface area contributed by atoms with Gasteiger partial charge in [0.25, 0.3) is 5.56 Å². The third-order valence-corrected chi connectivity index (χ3v) is 8.30. The maximum absolute atomic E-state index is 14.0.